The molecule has 0 saturated carbocycles. The summed E-state index contributed by atoms with van der Waals surface area (Å²) >= 11 is 0. The maximum absolute atomic E-state index is 15.3. The average Bonchev–Trinajstić information content (AvgIpc) is 3.54. The second-order valence-electron chi connectivity index (χ2n) is 11.5. The molecule has 0 amide bonds. The Bertz CT molecular complexity index is 1540. The van der Waals surface area contributed by atoms with E-state index < -0.39 is 25.5 Å². The van der Waals surface area contributed by atoms with Gasteiger partial charge in [-0.25, -0.2) is 18.8 Å². The summed E-state index contributed by atoms with van der Waals surface area (Å²) in [6.07, 6.45) is 6.02. The third kappa shape index (κ3) is 6.59. The van der Waals surface area contributed by atoms with E-state index >= 15 is 8.78 Å². The highest BCUT2D eigenvalue weighted by Gasteiger charge is 2.23. The van der Waals surface area contributed by atoms with Crippen molar-refractivity contribution >= 4 is 30.8 Å². The predicted octanol–water partition coefficient (Wildman–Crippen LogP) is 7.05. The van der Waals surface area contributed by atoms with Crippen molar-refractivity contribution in [2.45, 2.75) is 58.7 Å². The number of aliphatic imine (C=N–C) groups is 1. The molecule has 1 N–H and O–H groups in total. The van der Waals surface area contributed by atoms with Gasteiger partial charge in [-0.05, 0) is 32.0 Å². The third-order valence-corrected chi connectivity index (χ3v) is 8.34. The van der Waals surface area contributed by atoms with Gasteiger partial charge in [0.25, 0.3) is 6.02 Å². The third-order valence-electron chi connectivity index (χ3n) is 6.64. The summed E-state index contributed by atoms with van der Waals surface area (Å²) in [5.74, 6) is -1.98. The Hall–Kier alpha value is -3.77. The normalized spacial score (nSPS) is 13.9. The summed E-state index contributed by atoms with van der Waals surface area (Å²) in [5.41, 5.74) is 2.36. The van der Waals surface area contributed by atoms with Crippen molar-refractivity contribution in [3.8, 4) is 22.8 Å². The lowest BCUT2D eigenvalue weighted by Crippen LogP contribution is -2.22. The summed E-state index contributed by atoms with van der Waals surface area (Å²) in [6, 6.07) is 7.17. The molecular formula is C29H36F2N6O3Si. The molecule has 12 heteroatoms. The van der Waals surface area contributed by atoms with E-state index in [2.05, 4.69) is 40.0 Å². The summed E-state index contributed by atoms with van der Waals surface area (Å²) in [4.78, 5) is 8.78. The number of halogens is 2. The number of fused-ring (bicyclic) bond motifs is 1. The lowest BCUT2D eigenvalue weighted by atomic mass is 10.1. The first-order chi connectivity index (χ1) is 19.6. The highest BCUT2D eigenvalue weighted by Crippen LogP contribution is 2.40. The summed E-state index contributed by atoms with van der Waals surface area (Å²) in [7, 11) is -1.26. The van der Waals surface area contributed by atoms with E-state index in [1.807, 2.05) is 35.4 Å². The fourth-order valence-corrected chi connectivity index (χ4v) is 5.30. The Kier molecular flexibility index (Phi) is 8.41. The Morgan fingerprint density at radius 1 is 1.12 bits per heavy atom. The van der Waals surface area contributed by atoms with Crippen LogP contribution in [0, 0.1) is 11.6 Å². The number of ether oxygens (including phenoxy) is 3. The molecule has 1 aliphatic heterocycles. The Labute approximate surface area is 239 Å². The second kappa shape index (κ2) is 12.0. The molecule has 4 heterocycles. The average molecular weight is 583 g/mol. The van der Waals surface area contributed by atoms with Crippen molar-refractivity contribution in [1.82, 2.24) is 19.3 Å². The zero-order valence-electron chi connectivity index (χ0n) is 24.1. The first kappa shape index (κ1) is 28.7. The standard InChI is InChI=1S/C29H36F2N6O3Si/c1-19(2)37-24(7-11-34-37)21-17-36(18-38-13-14-41(3,4)5)28-26(21)25(8-10-32-28)40-27-22(30)15-20(16-23(27)31)35-29-33-9-6-12-39-29/h7-8,10-11,15-17,19H,6,9,12-14,18H2,1-5H3,(H,33,35). The van der Waals surface area contributed by atoms with Crippen molar-refractivity contribution in [3.05, 3.63) is 54.5 Å². The zero-order valence-corrected chi connectivity index (χ0v) is 25.1. The Morgan fingerprint density at radius 3 is 2.59 bits per heavy atom. The quantitative estimate of drug-likeness (QED) is 0.159. The molecule has 1 aromatic carbocycles. The molecule has 0 atom stereocenters. The number of pyridine rings is 1. The minimum absolute atomic E-state index is 0.0834. The van der Waals surface area contributed by atoms with Gasteiger partial charge in [0.2, 0.25) is 0 Å². The number of hydrogen-bond donors (Lipinski definition) is 1. The van der Waals surface area contributed by atoms with Crippen molar-refractivity contribution in [2.24, 2.45) is 4.99 Å². The van der Waals surface area contributed by atoms with Crippen molar-refractivity contribution in [2.75, 3.05) is 25.1 Å². The van der Waals surface area contributed by atoms with E-state index in [1.165, 1.54) is 0 Å². The van der Waals surface area contributed by atoms with Crippen LogP contribution in [0.15, 0.2) is 47.8 Å². The number of rotatable bonds is 10. The smallest absolute Gasteiger partial charge is 0.289 e. The van der Waals surface area contributed by atoms with Gasteiger partial charge in [-0.2, -0.15) is 5.10 Å². The molecule has 0 saturated heterocycles. The number of aromatic nitrogens is 4. The van der Waals surface area contributed by atoms with E-state index in [1.54, 1.807) is 18.5 Å². The maximum atomic E-state index is 15.3. The van der Waals surface area contributed by atoms with Gasteiger partial charge >= 0.3 is 0 Å². The molecule has 5 rings (SSSR count). The maximum Gasteiger partial charge on any atom is 0.289 e. The molecule has 0 bridgehead atoms. The molecule has 0 aliphatic carbocycles. The SMILES string of the molecule is CC(C)n1nccc1-c1cn(COCC[Si](C)(C)C)c2nccc(Oc3c(F)cc(NC4=NCCCO4)cc3F)c12. The fourth-order valence-electron chi connectivity index (χ4n) is 4.54. The summed E-state index contributed by atoms with van der Waals surface area (Å²) in [6.45, 7) is 13.0. The number of benzene rings is 1. The highest BCUT2D eigenvalue weighted by molar-refractivity contribution is 6.76. The van der Waals surface area contributed by atoms with Gasteiger partial charge in [0.15, 0.2) is 17.4 Å². The lowest BCUT2D eigenvalue weighted by Gasteiger charge is -2.16. The monoisotopic (exact) mass is 582 g/mol. The number of anilines is 1. The van der Waals surface area contributed by atoms with Crippen LogP contribution in [0.1, 0.15) is 26.3 Å². The summed E-state index contributed by atoms with van der Waals surface area (Å²) in [5, 5.41) is 7.91. The summed E-state index contributed by atoms with van der Waals surface area (Å²) < 4.78 is 51.7. The topological polar surface area (TPSA) is 87.7 Å². The molecule has 9 nitrogen and oxygen atoms in total. The van der Waals surface area contributed by atoms with E-state index in [9.17, 15) is 0 Å². The van der Waals surface area contributed by atoms with E-state index in [-0.39, 0.29) is 30.2 Å². The lowest BCUT2D eigenvalue weighted by molar-refractivity contribution is 0.0899. The van der Waals surface area contributed by atoms with Crippen LogP contribution in [0.2, 0.25) is 25.7 Å². The number of hydrogen-bond acceptors (Lipinski definition) is 7. The Morgan fingerprint density at radius 2 is 1.90 bits per heavy atom. The minimum Gasteiger partial charge on any atom is -0.465 e. The molecule has 1 aliphatic rings. The molecule has 218 valence electrons. The minimum atomic E-state index is -1.26. The molecule has 0 radical (unpaired) electrons. The molecule has 0 fully saturated rings. The van der Waals surface area contributed by atoms with Gasteiger partial charge < -0.3 is 24.1 Å². The molecule has 41 heavy (non-hydrogen) atoms. The van der Waals surface area contributed by atoms with Crippen LogP contribution < -0.4 is 10.1 Å². The number of nitrogens with zero attached hydrogens (tertiary/aromatic N) is 5. The molecule has 0 unspecified atom stereocenters. The fraction of sp³-hybridized carbons (Fsp3) is 0.414. The van der Waals surface area contributed by atoms with Crippen LogP contribution in [0.3, 0.4) is 0 Å². The van der Waals surface area contributed by atoms with Gasteiger partial charge in [-0.3, -0.25) is 4.68 Å². The number of amidine groups is 1. The molecule has 0 spiro atoms. The second-order valence-corrected chi connectivity index (χ2v) is 17.1. The van der Waals surface area contributed by atoms with E-state index in [4.69, 9.17) is 14.2 Å². The first-order valence-electron chi connectivity index (χ1n) is 13.8. The first-order valence-corrected chi connectivity index (χ1v) is 17.5. The van der Waals surface area contributed by atoms with Crippen LogP contribution in [0.5, 0.6) is 11.5 Å². The van der Waals surface area contributed by atoms with Crippen LogP contribution in [0.25, 0.3) is 22.3 Å². The largest absolute Gasteiger partial charge is 0.465 e. The van der Waals surface area contributed by atoms with Gasteiger partial charge in [-0.15, -0.1) is 0 Å². The van der Waals surface area contributed by atoms with Gasteiger partial charge in [-0.1, -0.05) is 19.6 Å². The molecule has 3 aromatic heterocycles. The van der Waals surface area contributed by atoms with Crippen LogP contribution in [-0.2, 0) is 16.2 Å². The van der Waals surface area contributed by atoms with Gasteiger partial charge in [0.1, 0.15) is 18.1 Å². The van der Waals surface area contributed by atoms with Crippen molar-refractivity contribution < 1.29 is 23.0 Å². The highest BCUT2D eigenvalue weighted by atomic mass is 28.3. The Balaban J connectivity index is 1.51. The molecule has 4 aromatic rings. The van der Waals surface area contributed by atoms with Gasteiger partial charge in [0, 0.05) is 75.7 Å². The van der Waals surface area contributed by atoms with Gasteiger partial charge in [0.05, 0.1) is 17.7 Å². The van der Waals surface area contributed by atoms with E-state index in [0.29, 0.717) is 30.8 Å². The van der Waals surface area contributed by atoms with Crippen LogP contribution in [-0.4, -0.2) is 53.2 Å². The van der Waals surface area contributed by atoms with E-state index in [0.717, 1.165) is 35.9 Å². The van der Waals surface area contributed by atoms with Crippen LogP contribution >= 0.6 is 0 Å². The van der Waals surface area contributed by atoms with Crippen molar-refractivity contribution in [3.63, 3.8) is 0 Å². The predicted molar refractivity (Wildman–Crippen MR) is 158 cm³/mol. The zero-order chi connectivity index (χ0) is 29.1. The number of nitrogens with one attached hydrogen (secondary N) is 1. The van der Waals surface area contributed by atoms with Crippen molar-refractivity contribution in [1.29, 1.82) is 0 Å². The molecular weight excluding hydrogens is 546 g/mol. The van der Waals surface area contributed by atoms with Crippen LogP contribution in [0.4, 0.5) is 14.5 Å².